The molecule has 0 aromatic carbocycles. The molecule has 4 heteroatoms. The second kappa shape index (κ2) is 5.32. The molecule has 0 saturated heterocycles. The van der Waals surface area contributed by atoms with E-state index in [4.69, 9.17) is 0 Å². The van der Waals surface area contributed by atoms with E-state index in [1.165, 1.54) is 0 Å². The van der Waals surface area contributed by atoms with Crippen LogP contribution in [0.2, 0.25) is 0 Å². The molecule has 0 aliphatic heterocycles. The van der Waals surface area contributed by atoms with Gasteiger partial charge >= 0.3 is 11.9 Å². The number of carboxylic acid groups (broad SMARTS) is 2. The van der Waals surface area contributed by atoms with Crippen molar-refractivity contribution in [2.75, 3.05) is 0 Å². The van der Waals surface area contributed by atoms with Crippen LogP contribution in [0.5, 0.6) is 0 Å². The number of unbranched alkanes of at least 4 members (excludes halogenated alkanes) is 1. The van der Waals surface area contributed by atoms with E-state index in [0.29, 0.717) is 6.42 Å². The van der Waals surface area contributed by atoms with Crippen LogP contribution in [0.3, 0.4) is 0 Å². The van der Waals surface area contributed by atoms with Crippen molar-refractivity contribution in [2.45, 2.75) is 51.9 Å². The van der Waals surface area contributed by atoms with Crippen LogP contribution in [0.25, 0.3) is 0 Å². The fraction of sp³-hybridized carbons (Fsp3) is 0.833. The van der Waals surface area contributed by atoms with Gasteiger partial charge in [-0.05, 0) is 25.2 Å². The lowest BCUT2D eigenvalue weighted by Gasteiger charge is -2.37. The molecular weight excluding hydrogens is 208 g/mol. The first-order valence-corrected chi connectivity index (χ1v) is 6.02. The lowest BCUT2D eigenvalue weighted by atomic mass is 9.64. The predicted molar refractivity (Wildman–Crippen MR) is 59.2 cm³/mol. The standard InChI is InChI=1S/C12H20O4/c1-2-3-6-9-7-4-5-8-12(9,10(13)14)11(15)16/h9H,2-8H2,1H3,(H,13,14)(H,15,16). The number of rotatable bonds is 5. The quantitative estimate of drug-likeness (QED) is 0.709. The van der Waals surface area contributed by atoms with Gasteiger partial charge in [0.15, 0.2) is 5.41 Å². The fourth-order valence-electron chi connectivity index (χ4n) is 2.74. The van der Waals surface area contributed by atoms with E-state index in [1.54, 1.807) is 0 Å². The molecule has 1 aliphatic rings. The summed E-state index contributed by atoms with van der Waals surface area (Å²) in [4.78, 5) is 22.6. The maximum absolute atomic E-state index is 11.3. The first-order valence-electron chi connectivity index (χ1n) is 6.02. The van der Waals surface area contributed by atoms with Crippen LogP contribution in [0.15, 0.2) is 0 Å². The molecule has 1 rings (SSSR count). The minimum Gasteiger partial charge on any atom is -0.480 e. The van der Waals surface area contributed by atoms with Crippen molar-refractivity contribution in [3.05, 3.63) is 0 Å². The summed E-state index contributed by atoms with van der Waals surface area (Å²) in [6.07, 6.45) is 5.29. The highest BCUT2D eigenvalue weighted by molar-refractivity contribution is 5.98. The zero-order valence-corrected chi connectivity index (χ0v) is 9.74. The zero-order valence-electron chi connectivity index (χ0n) is 9.74. The Labute approximate surface area is 95.7 Å². The Balaban J connectivity index is 2.91. The summed E-state index contributed by atoms with van der Waals surface area (Å²) in [7, 11) is 0. The molecule has 0 radical (unpaired) electrons. The highest BCUT2D eigenvalue weighted by atomic mass is 16.4. The molecule has 0 spiro atoms. The highest BCUT2D eigenvalue weighted by Crippen LogP contribution is 2.44. The monoisotopic (exact) mass is 228 g/mol. The Hall–Kier alpha value is -1.06. The van der Waals surface area contributed by atoms with E-state index in [2.05, 4.69) is 0 Å². The lowest BCUT2D eigenvalue weighted by Crippen LogP contribution is -2.47. The van der Waals surface area contributed by atoms with E-state index in [0.717, 1.165) is 32.1 Å². The van der Waals surface area contributed by atoms with E-state index in [-0.39, 0.29) is 12.3 Å². The van der Waals surface area contributed by atoms with Crippen LogP contribution < -0.4 is 0 Å². The SMILES string of the molecule is CCCCC1CCCCC1(C(=O)O)C(=O)O. The molecule has 2 N–H and O–H groups in total. The number of hydrogen-bond acceptors (Lipinski definition) is 2. The summed E-state index contributed by atoms with van der Waals surface area (Å²) in [5, 5.41) is 18.5. The minimum atomic E-state index is -1.52. The normalized spacial score (nSPS) is 23.9. The number of carbonyl (C=O) groups is 2. The van der Waals surface area contributed by atoms with E-state index < -0.39 is 17.4 Å². The van der Waals surface area contributed by atoms with Crippen molar-refractivity contribution in [1.82, 2.24) is 0 Å². The van der Waals surface area contributed by atoms with Gasteiger partial charge in [-0.25, -0.2) is 0 Å². The Morgan fingerprint density at radius 2 is 1.88 bits per heavy atom. The molecule has 1 atom stereocenters. The van der Waals surface area contributed by atoms with Gasteiger partial charge in [-0.15, -0.1) is 0 Å². The molecule has 92 valence electrons. The molecule has 0 amide bonds. The van der Waals surface area contributed by atoms with Crippen molar-refractivity contribution < 1.29 is 19.8 Å². The van der Waals surface area contributed by atoms with E-state index in [1.807, 2.05) is 6.92 Å². The van der Waals surface area contributed by atoms with Crippen LogP contribution in [-0.2, 0) is 9.59 Å². The van der Waals surface area contributed by atoms with Gasteiger partial charge in [-0.1, -0.05) is 32.6 Å². The molecule has 0 aromatic heterocycles. The third-order valence-corrected chi connectivity index (χ3v) is 3.74. The Kier molecular flexibility index (Phi) is 4.33. The van der Waals surface area contributed by atoms with E-state index >= 15 is 0 Å². The lowest BCUT2D eigenvalue weighted by molar-refractivity contribution is -0.172. The van der Waals surface area contributed by atoms with Gasteiger partial charge in [-0.3, -0.25) is 9.59 Å². The summed E-state index contributed by atoms with van der Waals surface area (Å²) in [5.74, 6) is -2.50. The summed E-state index contributed by atoms with van der Waals surface area (Å²) in [6, 6.07) is 0. The summed E-state index contributed by atoms with van der Waals surface area (Å²) in [5.41, 5.74) is -1.52. The molecule has 0 bridgehead atoms. The van der Waals surface area contributed by atoms with Crippen LogP contribution in [0.1, 0.15) is 51.9 Å². The maximum Gasteiger partial charge on any atom is 0.321 e. The molecule has 0 aromatic rings. The van der Waals surface area contributed by atoms with Crippen LogP contribution >= 0.6 is 0 Å². The van der Waals surface area contributed by atoms with Gasteiger partial charge in [0.25, 0.3) is 0 Å². The molecule has 1 saturated carbocycles. The Bertz CT molecular complexity index is 258. The first kappa shape index (κ1) is 13.0. The van der Waals surface area contributed by atoms with Crippen molar-refractivity contribution in [1.29, 1.82) is 0 Å². The Morgan fingerprint density at radius 1 is 1.25 bits per heavy atom. The third-order valence-electron chi connectivity index (χ3n) is 3.74. The molecule has 4 nitrogen and oxygen atoms in total. The molecule has 1 fully saturated rings. The summed E-state index contributed by atoms with van der Waals surface area (Å²) < 4.78 is 0. The maximum atomic E-state index is 11.3. The average Bonchev–Trinajstić information content (AvgIpc) is 2.25. The van der Waals surface area contributed by atoms with Crippen molar-refractivity contribution in [3.8, 4) is 0 Å². The van der Waals surface area contributed by atoms with E-state index in [9.17, 15) is 19.8 Å². The number of carboxylic acids is 2. The number of aliphatic carboxylic acids is 2. The van der Waals surface area contributed by atoms with Crippen LogP contribution in [0.4, 0.5) is 0 Å². The van der Waals surface area contributed by atoms with Crippen molar-refractivity contribution in [3.63, 3.8) is 0 Å². The highest BCUT2D eigenvalue weighted by Gasteiger charge is 2.53. The average molecular weight is 228 g/mol. The largest absolute Gasteiger partial charge is 0.480 e. The smallest absolute Gasteiger partial charge is 0.321 e. The second-order valence-electron chi connectivity index (χ2n) is 4.67. The van der Waals surface area contributed by atoms with Gasteiger partial charge in [0, 0.05) is 0 Å². The van der Waals surface area contributed by atoms with Crippen LogP contribution in [-0.4, -0.2) is 22.2 Å². The second-order valence-corrected chi connectivity index (χ2v) is 4.67. The minimum absolute atomic E-state index is 0.198. The summed E-state index contributed by atoms with van der Waals surface area (Å²) in [6.45, 7) is 2.03. The molecular formula is C12H20O4. The Morgan fingerprint density at radius 3 is 2.38 bits per heavy atom. The van der Waals surface area contributed by atoms with Gasteiger partial charge in [0.1, 0.15) is 0 Å². The number of hydrogen-bond donors (Lipinski definition) is 2. The van der Waals surface area contributed by atoms with Crippen molar-refractivity contribution in [2.24, 2.45) is 11.3 Å². The molecule has 16 heavy (non-hydrogen) atoms. The third kappa shape index (κ3) is 2.20. The molecule has 1 unspecified atom stereocenters. The first-order chi connectivity index (χ1) is 7.55. The fourth-order valence-corrected chi connectivity index (χ4v) is 2.74. The van der Waals surface area contributed by atoms with Gasteiger partial charge in [0.2, 0.25) is 0 Å². The molecule has 1 aliphatic carbocycles. The molecule has 0 heterocycles. The topological polar surface area (TPSA) is 74.6 Å². The predicted octanol–water partition coefficient (Wildman–Crippen LogP) is 2.52. The summed E-state index contributed by atoms with van der Waals surface area (Å²) >= 11 is 0. The zero-order chi connectivity index (χ0) is 12.2. The van der Waals surface area contributed by atoms with Gasteiger partial charge in [-0.2, -0.15) is 0 Å². The van der Waals surface area contributed by atoms with Gasteiger partial charge < -0.3 is 10.2 Å². The van der Waals surface area contributed by atoms with Gasteiger partial charge in [0.05, 0.1) is 0 Å². The van der Waals surface area contributed by atoms with Crippen molar-refractivity contribution >= 4 is 11.9 Å². The van der Waals surface area contributed by atoms with Crippen LogP contribution in [0, 0.1) is 11.3 Å².